The van der Waals surface area contributed by atoms with E-state index in [1.165, 1.54) is 37.8 Å². The summed E-state index contributed by atoms with van der Waals surface area (Å²) in [6.45, 7) is 0. The number of fused-ring (bicyclic) bond motifs is 1. The van der Waals surface area contributed by atoms with E-state index >= 15 is 0 Å². The van der Waals surface area contributed by atoms with Crippen LogP contribution in [-0.2, 0) is 12.6 Å². The number of benzene rings is 1. The van der Waals surface area contributed by atoms with Crippen molar-refractivity contribution in [1.82, 2.24) is 5.32 Å². The molecule has 0 amide bonds. The van der Waals surface area contributed by atoms with Crippen LogP contribution in [0.1, 0.15) is 43.2 Å². The van der Waals surface area contributed by atoms with Crippen LogP contribution in [0.25, 0.3) is 0 Å². The van der Waals surface area contributed by atoms with Gasteiger partial charge in [-0.15, -0.1) is 0 Å². The molecule has 0 bridgehead atoms. The molecule has 1 aliphatic heterocycles. The SMILES string of the molecule is FC(F)(F)c1cccc(CC2CCC3CCCC3N2)c1. The minimum Gasteiger partial charge on any atom is -0.311 e. The lowest BCUT2D eigenvalue weighted by Crippen LogP contribution is -2.46. The van der Waals surface area contributed by atoms with Crippen LogP contribution in [0.2, 0.25) is 0 Å². The molecule has 1 heterocycles. The summed E-state index contributed by atoms with van der Waals surface area (Å²) in [5.41, 5.74) is 0.248. The molecule has 2 aliphatic rings. The molecule has 1 aromatic rings. The second kappa shape index (κ2) is 5.40. The molecule has 1 N–H and O–H groups in total. The van der Waals surface area contributed by atoms with Crippen LogP contribution in [-0.4, -0.2) is 12.1 Å². The lowest BCUT2D eigenvalue weighted by molar-refractivity contribution is -0.137. The molecule has 1 aliphatic carbocycles. The van der Waals surface area contributed by atoms with Gasteiger partial charge in [-0.1, -0.05) is 24.6 Å². The van der Waals surface area contributed by atoms with Crippen LogP contribution in [0.5, 0.6) is 0 Å². The highest BCUT2D eigenvalue weighted by Crippen LogP contribution is 2.35. The van der Waals surface area contributed by atoms with Gasteiger partial charge < -0.3 is 5.32 Å². The van der Waals surface area contributed by atoms with Gasteiger partial charge in [-0.3, -0.25) is 0 Å². The first-order chi connectivity index (χ1) is 9.52. The quantitative estimate of drug-likeness (QED) is 0.859. The zero-order valence-corrected chi connectivity index (χ0v) is 11.4. The normalized spacial score (nSPS) is 30.2. The molecule has 3 atom stereocenters. The van der Waals surface area contributed by atoms with Crippen molar-refractivity contribution in [1.29, 1.82) is 0 Å². The Hall–Kier alpha value is -1.03. The van der Waals surface area contributed by atoms with E-state index in [4.69, 9.17) is 0 Å². The summed E-state index contributed by atoms with van der Waals surface area (Å²) < 4.78 is 38.1. The molecule has 3 rings (SSSR count). The van der Waals surface area contributed by atoms with Gasteiger partial charge in [0, 0.05) is 12.1 Å². The van der Waals surface area contributed by atoms with Crippen LogP contribution in [0.4, 0.5) is 13.2 Å². The predicted octanol–water partition coefficient (Wildman–Crippen LogP) is 4.17. The predicted molar refractivity (Wildman–Crippen MR) is 72.4 cm³/mol. The zero-order chi connectivity index (χ0) is 14.2. The third-order valence-corrected chi connectivity index (χ3v) is 4.73. The Morgan fingerprint density at radius 2 is 1.95 bits per heavy atom. The van der Waals surface area contributed by atoms with Gasteiger partial charge in [0.15, 0.2) is 0 Å². The first kappa shape index (κ1) is 13.9. The van der Waals surface area contributed by atoms with Crippen LogP contribution in [0.3, 0.4) is 0 Å². The molecular formula is C16H20F3N. The summed E-state index contributed by atoms with van der Waals surface area (Å²) in [5, 5.41) is 3.64. The van der Waals surface area contributed by atoms with E-state index in [0.717, 1.165) is 24.0 Å². The minimum atomic E-state index is -4.24. The van der Waals surface area contributed by atoms with E-state index in [2.05, 4.69) is 5.32 Å². The summed E-state index contributed by atoms with van der Waals surface area (Å²) in [6.07, 6.45) is 2.59. The molecule has 1 saturated carbocycles. The van der Waals surface area contributed by atoms with Crippen molar-refractivity contribution in [2.45, 2.75) is 56.8 Å². The highest BCUT2D eigenvalue weighted by atomic mass is 19.4. The maximum Gasteiger partial charge on any atom is 0.416 e. The maximum absolute atomic E-state index is 12.7. The molecule has 1 saturated heterocycles. The smallest absolute Gasteiger partial charge is 0.311 e. The van der Waals surface area contributed by atoms with Crippen molar-refractivity contribution >= 4 is 0 Å². The van der Waals surface area contributed by atoms with E-state index in [-0.39, 0.29) is 0 Å². The minimum absolute atomic E-state index is 0.331. The molecule has 4 heteroatoms. The van der Waals surface area contributed by atoms with Crippen LogP contribution >= 0.6 is 0 Å². The number of hydrogen-bond donors (Lipinski definition) is 1. The zero-order valence-electron chi connectivity index (χ0n) is 11.4. The molecule has 0 spiro atoms. The van der Waals surface area contributed by atoms with Crippen molar-refractivity contribution in [2.75, 3.05) is 0 Å². The fourth-order valence-electron chi connectivity index (χ4n) is 3.72. The third-order valence-electron chi connectivity index (χ3n) is 4.73. The van der Waals surface area contributed by atoms with Crippen molar-refractivity contribution in [3.05, 3.63) is 35.4 Å². The van der Waals surface area contributed by atoms with Gasteiger partial charge in [0.1, 0.15) is 0 Å². The monoisotopic (exact) mass is 283 g/mol. The Labute approximate surface area is 117 Å². The van der Waals surface area contributed by atoms with Gasteiger partial charge >= 0.3 is 6.18 Å². The maximum atomic E-state index is 12.7. The Bertz CT molecular complexity index is 469. The van der Waals surface area contributed by atoms with Crippen molar-refractivity contribution in [2.24, 2.45) is 5.92 Å². The van der Waals surface area contributed by atoms with Gasteiger partial charge in [0.25, 0.3) is 0 Å². The van der Waals surface area contributed by atoms with Crippen molar-refractivity contribution in [3.8, 4) is 0 Å². The molecule has 0 aromatic heterocycles. The Balaban J connectivity index is 1.66. The number of alkyl halides is 3. The van der Waals surface area contributed by atoms with Gasteiger partial charge in [0.2, 0.25) is 0 Å². The fourth-order valence-corrected chi connectivity index (χ4v) is 3.72. The third kappa shape index (κ3) is 3.00. The van der Waals surface area contributed by atoms with Crippen LogP contribution in [0, 0.1) is 5.92 Å². The summed E-state index contributed by atoms with van der Waals surface area (Å²) in [6, 6.07) is 6.68. The highest BCUT2D eigenvalue weighted by molar-refractivity contribution is 5.26. The second-order valence-electron chi connectivity index (χ2n) is 6.14. The molecule has 3 unspecified atom stereocenters. The average Bonchev–Trinajstić information content (AvgIpc) is 2.85. The van der Waals surface area contributed by atoms with E-state index in [9.17, 15) is 13.2 Å². The molecular weight excluding hydrogens is 263 g/mol. The van der Waals surface area contributed by atoms with E-state index in [1.54, 1.807) is 6.07 Å². The molecule has 1 nitrogen and oxygen atoms in total. The molecule has 20 heavy (non-hydrogen) atoms. The lowest BCUT2D eigenvalue weighted by atomic mass is 9.87. The topological polar surface area (TPSA) is 12.0 Å². The number of nitrogens with one attached hydrogen (secondary N) is 1. The van der Waals surface area contributed by atoms with E-state index < -0.39 is 11.7 Å². The first-order valence-electron chi connectivity index (χ1n) is 7.44. The fraction of sp³-hybridized carbons (Fsp3) is 0.625. The van der Waals surface area contributed by atoms with E-state index in [0.29, 0.717) is 18.5 Å². The molecule has 110 valence electrons. The number of hydrogen-bond acceptors (Lipinski definition) is 1. The Kier molecular flexibility index (Phi) is 3.76. The average molecular weight is 283 g/mol. The summed E-state index contributed by atoms with van der Waals surface area (Å²) in [5.74, 6) is 0.799. The van der Waals surface area contributed by atoms with Gasteiger partial charge in [0.05, 0.1) is 5.56 Å². The van der Waals surface area contributed by atoms with Crippen molar-refractivity contribution in [3.63, 3.8) is 0 Å². The van der Waals surface area contributed by atoms with Gasteiger partial charge in [-0.25, -0.2) is 0 Å². The van der Waals surface area contributed by atoms with Gasteiger partial charge in [-0.2, -0.15) is 13.2 Å². The van der Waals surface area contributed by atoms with Crippen LogP contribution in [0.15, 0.2) is 24.3 Å². The van der Waals surface area contributed by atoms with Gasteiger partial charge in [-0.05, 0) is 49.7 Å². The van der Waals surface area contributed by atoms with E-state index in [1.807, 2.05) is 0 Å². The molecule has 2 fully saturated rings. The molecule has 0 radical (unpaired) electrons. The first-order valence-corrected chi connectivity index (χ1v) is 7.44. The molecule has 1 aromatic carbocycles. The standard InChI is InChI=1S/C16H20F3N/c17-16(18,19)13-5-1-3-11(9-13)10-14-8-7-12-4-2-6-15(12)20-14/h1,3,5,9,12,14-15,20H,2,4,6-8,10H2. The largest absolute Gasteiger partial charge is 0.416 e. The number of halogens is 3. The summed E-state index contributed by atoms with van der Waals surface area (Å²) >= 11 is 0. The second-order valence-corrected chi connectivity index (χ2v) is 6.14. The Morgan fingerprint density at radius 1 is 1.10 bits per heavy atom. The highest BCUT2D eigenvalue weighted by Gasteiger charge is 2.34. The number of piperidine rings is 1. The number of rotatable bonds is 2. The Morgan fingerprint density at radius 3 is 2.75 bits per heavy atom. The van der Waals surface area contributed by atoms with Crippen molar-refractivity contribution < 1.29 is 13.2 Å². The summed E-state index contributed by atoms with van der Waals surface area (Å²) in [4.78, 5) is 0. The lowest BCUT2D eigenvalue weighted by Gasteiger charge is -2.33. The van der Waals surface area contributed by atoms with Crippen LogP contribution < -0.4 is 5.32 Å². The summed E-state index contributed by atoms with van der Waals surface area (Å²) in [7, 11) is 0.